The van der Waals surface area contributed by atoms with Crippen LogP contribution in [0, 0.1) is 0 Å². The quantitative estimate of drug-likeness (QED) is 0.447. The molecule has 1 unspecified atom stereocenters. The minimum atomic E-state index is -5.01. The van der Waals surface area contributed by atoms with Crippen LogP contribution in [0.4, 0.5) is 18.0 Å². The van der Waals surface area contributed by atoms with Crippen LogP contribution in [-0.4, -0.2) is 29.3 Å². The van der Waals surface area contributed by atoms with Gasteiger partial charge in [0.2, 0.25) is 6.04 Å². The average molecular weight is 201 g/mol. The number of carboxylic acid groups (broad SMARTS) is 1. The zero-order valence-electron chi connectivity index (χ0n) is 6.05. The van der Waals surface area contributed by atoms with Crippen molar-refractivity contribution in [2.45, 2.75) is 12.2 Å². The molecule has 0 heterocycles. The maximum atomic E-state index is 11.8. The topological polar surface area (TPSA) is 104 Å². The van der Waals surface area contributed by atoms with E-state index in [9.17, 15) is 22.8 Å². The van der Waals surface area contributed by atoms with E-state index in [4.69, 9.17) is 5.11 Å². The third kappa shape index (κ3) is 4.15. The zero-order chi connectivity index (χ0) is 10.6. The van der Waals surface area contributed by atoms with Crippen molar-refractivity contribution in [2.24, 2.45) is 5.73 Å². The Bertz CT molecular complexity index is 216. The molecule has 5 N–H and O–H groups in total. The van der Waals surface area contributed by atoms with Crippen LogP contribution >= 0.6 is 0 Å². The Morgan fingerprint density at radius 2 is 1.85 bits per heavy atom. The summed E-state index contributed by atoms with van der Waals surface area (Å²) in [6.45, 7) is 0. The van der Waals surface area contributed by atoms with Crippen molar-refractivity contribution in [1.82, 2.24) is 10.9 Å². The van der Waals surface area contributed by atoms with Crippen molar-refractivity contribution in [2.75, 3.05) is 0 Å². The van der Waals surface area contributed by atoms with Crippen LogP contribution in [0.1, 0.15) is 0 Å². The van der Waals surface area contributed by atoms with Gasteiger partial charge in [0, 0.05) is 0 Å². The SMILES string of the molecule is NC(=O)NNC(C(=O)O)C(F)(F)F. The lowest BCUT2D eigenvalue weighted by atomic mass is 10.3. The number of carbonyl (C=O) groups excluding carboxylic acids is 1. The Morgan fingerprint density at radius 3 is 2.08 bits per heavy atom. The Kier molecular flexibility index (Phi) is 3.48. The highest BCUT2D eigenvalue weighted by Crippen LogP contribution is 2.19. The van der Waals surface area contributed by atoms with Gasteiger partial charge < -0.3 is 10.8 Å². The number of hydrazine groups is 1. The molecule has 0 saturated heterocycles. The predicted molar refractivity (Wildman–Crippen MR) is 33.3 cm³/mol. The highest BCUT2D eigenvalue weighted by atomic mass is 19.4. The van der Waals surface area contributed by atoms with Gasteiger partial charge in [0.05, 0.1) is 0 Å². The molecule has 0 radical (unpaired) electrons. The number of urea groups is 1. The molecular weight excluding hydrogens is 195 g/mol. The number of rotatable bonds is 3. The van der Waals surface area contributed by atoms with E-state index >= 15 is 0 Å². The summed E-state index contributed by atoms with van der Waals surface area (Å²) in [5.74, 6) is -2.17. The molecule has 0 fully saturated rings. The van der Waals surface area contributed by atoms with Crippen molar-refractivity contribution in [3.05, 3.63) is 0 Å². The van der Waals surface area contributed by atoms with Gasteiger partial charge in [-0.15, -0.1) is 0 Å². The molecule has 0 aromatic heterocycles. The second-order valence-corrected chi connectivity index (χ2v) is 1.95. The van der Waals surface area contributed by atoms with Crippen molar-refractivity contribution >= 4 is 12.0 Å². The first-order valence-corrected chi connectivity index (χ1v) is 2.85. The largest absolute Gasteiger partial charge is 0.480 e. The van der Waals surface area contributed by atoms with E-state index in [1.807, 2.05) is 0 Å². The summed E-state index contributed by atoms with van der Waals surface area (Å²) < 4.78 is 35.4. The summed E-state index contributed by atoms with van der Waals surface area (Å²) in [7, 11) is 0. The smallest absolute Gasteiger partial charge is 0.416 e. The van der Waals surface area contributed by atoms with Gasteiger partial charge in [-0.05, 0) is 0 Å². The van der Waals surface area contributed by atoms with Gasteiger partial charge in [-0.2, -0.15) is 13.2 Å². The monoisotopic (exact) mass is 201 g/mol. The minimum Gasteiger partial charge on any atom is -0.480 e. The molecule has 0 spiro atoms. The van der Waals surface area contributed by atoms with Gasteiger partial charge in [-0.3, -0.25) is 10.2 Å². The number of alkyl halides is 3. The molecule has 0 aromatic carbocycles. The Labute approximate surface area is 69.9 Å². The summed E-state index contributed by atoms with van der Waals surface area (Å²) in [4.78, 5) is 19.9. The molecule has 2 amide bonds. The molecular formula is C4H6F3N3O3. The molecule has 0 saturated carbocycles. The first kappa shape index (κ1) is 11.5. The third-order valence-corrected chi connectivity index (χ3v) is 0.914. The van der Waals surface area contributed by atoms with Crippen LogP contribution in [0.25, 0.3) is 0 Å². The fraction of sp³-hybridized carbons (Fsp3) is 0.500. The van der Waals surface area contributed by atoms with Gasteiger partial charge >= 0.3 is 18.2 Å². The first-order valence-electron chi connectivity index (χ1n) is 2.85. The molecule has 0 aliphatic heterocycles. The average Bonchev–Trinajstić information content (AvgIpc) is 1.81. The molecule has 0 aromatic rings. The van der Waals surface area contributed by atoms with Crippen LogP contribution in [0.15, 0.2) is 0 Å². The highest BCUT2D eigenvalue weighted by Gasteiger charge is 2.45. The maximum Gasteiger partial charge on any atom is 0.416 e. The van der Waals surface area contributed by atoms with Crippen LogP contribution < -0.4 is 16.6 Å². The maximum absolute atomic E-state index is 11.8. The van der Waals surface area contributed by atoms with Gasteiger partial charge in [0.15, 0.2) is 0 Å². The number of amides is 2. The fourth-order valence-electron chi connectivity index (χ4n) is 0.427. The summed E-state index contributed by atoms with van der Waals surface area (Å²) in [6.07, 6.45) is -5.01. The molecule has 13 heavy (non-hydrogen) atoms. The lowest BCUT2D eigenvalue weighted by Crippen LogP contribution is -2.56. The van der Waals surface area contributed by atoms with Crippen LogP contribution in [0.3, 0.4) is 0 Å². The van der Waals surface area contributed by atoms with E-state index in [1.165, 1.54) is 10.9 Å². The molecule has 0 aliphatic rings. The molecule has 0 rings (SSSR count). The van der Waals surface area contributed by atoms with Crippen molar-refractivity contribution < 1.29 is 27.9 Å². The Morgan fingerprint density at radius 1 is 1.38 bits per heavy atom. The van der Waals surface area contributed by atoms with Crippen molar-refractivity contribution in [3.63, 3.8) is 0 Å². The van der Waals surface area contributed by atoms with Crippen molar-refractivity contribution in [3.8, 4) is 0 Å². The third-order valence-electron chi connectivity index (χ3n) is 0.914. The summed E-state index contributed by atoms with van der Waals surface area (Å²) in [5, 5.41) is 8.05. The van der Waals surface area contributed by atoms with E-state index in [0.29, 0.717) is 0 Å². The standard InChI is InChI=1S/C4H6F3N3O3/c5-4(6,7)1(2(11)12)9-10-3(8)13/h1,9H,(H,11,12)(H3,8,10,13). The van der Waals surface area contributed by atoms with E-state index in [-0.39, 0.29) is 0 Å². The van der Waals surface area contributed by atoms with E-state index in [1.54, 1.807) is 0 Å². The number of carboxylic acids is 1. The number of hydrogen-bond acceptors (Lipinski definition) is 3. The molecule has 0 aliphatic carbocycles. The van der Waals surface area contributed by atoms with Gasteiger partial charge in [0.25, 0.3) is 0 Å². The lowest BCUT2D eigenvalue weighted by molar-refractivity contribution is -0.181. The minimum absolute atomic E-state index is 1.21. The summed E-state index contributed by atoms with van der Waals surface area (Å²) in [5.41, 5.74) is 6.94. The number of nitrogens with one attached hydrogen (secondary N) is 2. The number of hydrogen-bond donors (Lipinski definition) is 4. The highest BCUT2D eigenvalue weighted by molar-refractivity contribution is 5.76. The van der Waals surface area contributed by atoms with E-state index in [0.717, 1.165) is 0 Å². The number of carbonyl (C=O) groups is 2. The predicted octanol–water partition coefficient (Wildman–Crippen LogP) is -0.825. The summed E-state index contributed by atoms with van der Waals surface area (Å²) >= 11 is 0. The molecule has 1 atom stereocenters. The molecule has 6 nitrogen and oxygen atoms in total. The van der Waals surface area contributed by atoms with Crippen LogP contribution in [-0.2, 0) is 4.79 Å². The first-order chi connectivity index (χ1) is 5.75. The van der Waals surface area contributed by atoms with Crippen molar-refractivity contribution in [1.29, 1.82) is 0 Å². The summed E-state index contributed by atoms with van der Waals surface area (Å²) in [6, 6.07) is -4.18. The molecule has 0 bridgehead atoms. The lowest BCUT2D eigenvalue weighted by Gasteiger charge is -2.16. The normalized spacial score (nSPS) is 13.5. The van der Waals surface area contributed by atoms with Gasteiger partial charge in [0.1, 0.15) is 0 Å². The Hall–Kier alpha value is -1.51. The van der Waals surface area contributed by atoms with Gasteiger partial charge in [-0.25, -0.2) is 10.2 Å². The van der Waals surface area contributed by atoms with Crippen LogP contribution in [0.5, 0.6) is 0 Å². The Balaban J connectivity index is 4.28. The number of nitrogens with two attached hydrogens (primary N) is 1. The number of aliphatic carboxylic acids is 1. The van der Waals surface area contributed by atoms with Crippen LogP contribution in [0.2, 0.25) is 0 Å². The molecule has 9 heteroatoms. The van der Waals surface area contributed by atoms with Gasteiger partial charge in [-0.1, -0.05) is 0 Å². The second kappa shape index (κ2) is 3.94. The fourth-order valence-corrected chi connectivity index (χ4v) is 0.427. The second-order valence-electron chi connectivity index (χ2n) is 1.95. The number of halogens is 3. The zero-order valence-corrected chi connectivity index (χ0v) is 6.05. The molecule has 76 valence electrons. The van der Waals surface area contributed by atoms with E-state index in [2.05, 4.69) is 5.73 Å². The van der Waals surface area contributed by atoms with E-state index < -0.39 is 24.2 Å². The number of primary amides is 1.